The normalized spacial score (nSPS) is 11.5. The van der Waals surface area contributed by atoms with Gasteiger partial charge in [0.2, 0.25) is 15.9 Å². The number of anilines is 1. The Labute approximate surface area is 153 Å². The zero-order chi connectivity index (χ0) is 18.4. The summed E-state index contributed by atoms with van der Waals surface area (Å²) in [6.07, 6.45) is 0. The fraction of sp³-hybridized carbons (Fsp3) is 0.278. The number of amides is 1. The molecule has 0 saturated carbocycles. The van der Waals surface area contributed by atoms with Gasteiger partial charge in [0.1, 0.15) is 0 Å². The number of hydrogen-bond donors (Lipinski definition) is 1. The van der Waals surface area contributed by atoms with E-state index in [1.54, 1.807) is 12.1 Å². The Morgan fingerprint density at radius 1 is 1.04 bits per heavy atom. The van der Waals surface area contributed by atoms with Crippen molar-refractivity contribution in [3.63, 3.8) is 0 Å². The van der Waals surface area contributed by atoms with Gasteiger partial charge in [0.15, 0.2) is 0 Å². The van der Waals surface area contributed by atoms with E-state index in [4.69, 9.17) is 0 Å². The predicted molar refractivity (Wildman–Crippen MR) is 103 cm³/mol. The summed E-state index contributed by atoms with van der Waals surface area (Å²) in [6, 6.07) is 14.4. The number of nitrogens with zero attached hydrogens (tertiary/aromatic N) is 1. The zero-order valence-electron chi connectivity index (χ0n) is 14.5. The maximum absolute atomic E-state index is 12.0. The maximum Gasteiger partial charge on any atom is 0.242 e. The van der Waals surface area contributed by atoms with E-state index in [2.05, 4.69) is 29.6 Å². The van der Waals surface area contributed by atoms with E-state index < -0.39 is 10.0 Å². The summed E-state index contributed by atoms with van der Waals surface area (Å²) in [4.78, 5) is 12.2. The van der Waals surface area contributed by atoms with Gasteiger partial charge in [-0.05, 0) is 36.8 Å². The first-order valence-corrected chi connectivity index (χ1v) is 10.3. The summed E-state index contributed by atoms with van der Waals surface area (Å²) in [5.74, 6) is 1.000. The second kappa shape index (κ2) is 8.51. The van der Waals surface area contributed by atoms with Crippen molar-refractivity contribution in [1.82, 2.24) is 4.31 Å². The summed E-state index contributed by atoms with van der Waals surface area (Å²) < 4.78 is 25.2. The van der Waals surface area contributed by atoms with Crippen molar-refractivity contribution in [2.45, 2.75) is 17.6 Å². The van der Waals surface area contributed by atoms with Gasteiger partial charge in [0.25, 0.3) is 0 Å². The average molecular weight is 379 g/mol. The van der Waals surface area contributed by atoms with Gasteiger partial charge < -0.3 is 5.32 Å². The Hall–Kier alpha value is -1.83. The molecule has 0 aromatic heterocycles. The van der Waals surface area contributed by atoms with Crippen molar-refractivity contribution in [3.8, 4) is 0 Å². The number of sulfonamides is 1. The lowest BCUT2D eigenvalue weighted by molar-refractivity contribution is -0.113. The molecule has 2 aromatic rings. The van der Waals surface area contributed by atoms with Crippen LogP contribution < -0.4 is 5.32 Å². The van der Waals surface area contributed by atoms with E-state index >= 15 is 0 Å². The molecule has 0 heterocycles. The summed E-state index contributed by atoms with van der Waals surface area (Å²) in [7, 11) is -0.489. The van der Waals surface area contributed by atoms with Crippen molar-refractivity contribution in [1.29, 1.82) is 0 Å². The van der Waals surface area contributed by atoms with Crippen LogP contribution in [0.3, 0.4) is 0 Å². The van der Waals surface area contributed by atoms with Crippen LogP contribution in [0.1, 0.15) is 11.1 Å². The molecule has 1 amide bonds. The smallest absolute Gasteiger partial charge is 0.242 e. The lowest BCUT2D eigenvalue weighted by atomic mass is 10.2. The van der Waals surface area contributed by atoms with Crippen LogP contribution in [0.4, 0.5) is 5.69 Å². The first-order chi connectivity index (χ1) is 11.8. The zero-order valence-corrected chi connectivity index (χ0v) is 16.2. The molecular formula is C18H22N2O3S2. The highest BCUT2D eigenvalue weighted by Gasteiger charge is 2.16. The molecule has 5 nitrogen and oxygen atoms in total. The number of rotatable bonds is 7. The molecule has 0 radical (unpaired) electrons. The van der Waals surface area contributed by atoms with Gasteiger partial charge in [-0.2, -0.15) is 0 Å². The van der Waals surface area contributed by atoms with E-state index in [9.17, 15) is 13.2 Å². The lowest BCUT2D eigenvalue weighted by Gasteiger charge is -2.12. The molecule has 0 aliphatic heterocycles. The van der Waals surface area contributed by atoms with Crippen molar-refractivity contribution in [2.75, 3.05) is 25.2 Å². The number of carbonyl (C=O) groups is 1. The molecule has 0 fully saturated rings. The van der Waals surface area contributed by atoms with Gasteiger partial charge >= 0.3 is 0 Å². The highest BCUT2D eigenvalue weighted by Crippen LogP contribution is 2.17. The summed E-state index contributed by atoms with van der Waals surface area (Å²) >= 11 is 1.54. The third-order valence-electron chi connectivity index (χ3n) is 3.54. The van der Waals surface area contributed by atoms with Gasteiger partial charge in [0, 0.05) is 25.5 Å². The number of nitrogens with one attached hydrogen (secondary N) is 1. The molecule has 7 heteroatoms. The summed E-state index contributed by atoms with van der Waals surface area (Å²) in [6.45, 7) is 2.04. The van der Waals surface area contributed by atoms with Gasteiger partial charge in [-0.25, -0.2) is 12.7 Å². The van der Waals surface area contributed by atoms with Crippen LogP contribution in [0.15, 0.2) is 53.4 Å². The van der Waals surface area contributed by atoms with Crippen LogP contribution in [-0.4, -0.2) is 38.5 Å². The molecule has 134 valence electrons. The Bertz CT molecular complexity index is 814. The van der Waals surface area contributed by atoms with E-state index in [0.717, 1.165) is 10.1 Å². The van der Waals surface area contributed by atoms with E-state index in [1.165, 1.54) is 49.1 Å². The Morgan fingerprint density at radius 3 is 2.20 bits per heavy atom. The number of aryl methyl sites for hydroxylation is 1. The van der Waals surface area contributed by atoms with Crippen LogP contribution in [0.25, 0.3) is 0 Å². The Balaban J connectivity index is 1.85. The lowest BCUT2D eigenvalue weighted by Crippen LogP contribution is -2.22. The molecule has 25 heavy (non-hydrogen) atoms. The molecule has 2 rings (SSSR count). The van der Waals surface area contributed by atoms with Crippen molar-refractivity contribution < 1.29 is 13.2 Å². The first-order valence-electron chi connectivity index (χ1n) is 7.75. The second-order valence-electron chi connectivity index (χ2n) is 5.84. The average Bonchev–Trinajstić information content (AvgIpc) is 2.57. The minimum atomic E-state index is -3.45. The van der Waals surface area contributed by atoms with Crippen molar-refractivity contribution >= 4 is 33.4 Å². The minimum Gasteiger partial charge on any atom is -0.325 e. The molecule has 2 aromatic carbocycles. The third-order valence-corrected chi connectivity index (χ3v) is 6.37. The molecule has 0 saturated heterocycles. The third kappa shape index (κ3) is 5.59. The summed E-state index contributed by atoms with van der Waals surface area (Å²) in [5, 5.41) is 2.78. The standard InChI is InChI=1S/C18H22N2O3S2/c1-14-4-6-15(7-5-14)12-24-13-18(21)19-16-8-10-17(11-9-16)25(22,23)20(2)3/h4-11H,12-13H2,1-3H3,(H,19,21). The fourth-order valence-electron chi connectivity index (χ4n) is 2.06. The number of benzene rings is 2. The monoisotopic (exact) mass is 378 g/mol. The molecule has 0 aliphatic rings. The van der Waals surface area contributed by atoms with E-state index in [0.29, 0.717) is 11.4 Å². The van der Waals surface area contributed by atoms with Gasteiger partial charge in [-0.15, -0.1) is 11.8 Å². The van der Waals surface area contributed by atoms with Crippen molar-refractivity contribution in [2.24, 2.45) is 0 Å². The Kier molecular flexibility index (Phi) is 6.64. The largest absolute Gasteiger partial charge is 0.325 e. The molecular weight excluding hydrogens is 356 g/mol. The molecule has 1 N–H and O–H groups in total. The highest BCUT2D eigenvalue weighted by atomic mass is 32.2. The quantitative estimate of drug-likeness (QED) is 0.804. The summed E-state index contributed by atoms with van der Waals surface area (Å²) in [5.41, 5.74) is 2.98. The van der Waals surface area contributed by atoms with Crippen LogP contribution in [0.2, 0.25) is 0 Å². The molecule has 0 bridgehead atoms. The maximum atomic E-state index is 12.0. The number of thioether (sulfide) groups is 1. The Morgan fingerprint density at radius 2 is 1.64 bits per heavy atom. The highest BCUT2D eigenvalue weighted by molar-refractivity contribution is 7.99. The number of hydrogen-bond acceptors (Lipinski definition) is 4. The van der Waals surface area contributed by atoms with Gasteiger partial charge in [-0.1, -0.05) is 29.8 Å². The second-order valence-corrected chi connectivity index (χ2v) is 8.98. The van der Waals surface area contributed by atoms with Crippen molar-refractivity contribution in [3.05, 3.63) is 59.7 Å². The van der Waals surface area contributed by atoms with Gasteiger partial charge in [0.05, 0.1) is 10.6 Å². The first kappa shape index (κ1) is 19.5. The van der Waals surface area contributed by atoms with Crippen LogP contribution in [0, 0.1) is 6.92 Å². The molecule has 0 spiro atoms. The van der Waals surface area contributed by atoms with Gasteiger partial charge in [-0.3, -0.25) is 4.79 Å². The van der Waals surface area contributed by atoms with Crippen LogP contribution in [-0.2, 0) is 20.6 Å². The minimum absolute atomic E-state index is 0.111. The van der Waals surface area contributed by atoms with Crippen LogP contribution >= 0.6 is 11.8 Å². The van der Waals surface area contributed by atoms with E-state index in [1.807, 2.05) is 6.92 Å². The molecule has 0 aliphatic carbocycles. The van der Waals surface area contributed by atoms with Crippen LogP contribution in [0.5, 0.6) is 0 Å². The SMILES string of the molecule is Cc1ccc(CSCC(=O)Nc2ccc(S(=O)(=O)N(C)C)cc2)cc1. The number of carbonyl (C=O) groups excluding carboxylic acids is 1. The predicted octanol–water partition coefficient (Wildman–Crippen LogP) is 3.12. The topological polar surface area (TPSA) is 66.5 Å². The van der Waals surface area contributed by atoms with E-state index in [-0.39, 0.29) is 10.8 Å². The molecule has 0 atom stereocenters. The molecule has 0 unspecified atom stereocenters. The fourth-order valence-corrected chi connectivity index (χ4v) is 3.75.